The second-order valence-electron chi connectivity index (χ2n) is 6.00. The van der Waals surface area contributed by atoms with Gasteiger partial charge in [0.2, 0.25) is 0 Å². The van der Waals surface area contributed by atoms with Gasteiger partial charge in [-0.1, -0.05) is 0 Å². The fourth-order valence-electron chi connectivity index (χ4n) is 2.54. The average Bonchev–Trinajstić information content (AvgIpc) is 3.04. The van der Waals surface area contributed by atoms with Crippen LogP contribution in [0.5, 0.6) is 0 Å². The maximum atomic E-state index is 12.5. The number of hydrogen-bond acceptors (Lipinski definition) is 4. The number of carbonyl (C=O) groups excluding carboxylic acids is 1. The van der Waals surface area contributed by atoms with Gasteiger partial charge in [-0.3, -0.25) is 9.48 Å². The number of hydrogen-bond donors (Lipinski definition) is 1. The predicted molar refractivity (Wildman–Crippen MR) is 81.2 cm³/mol. The molecule has 1 amide bonds. The summed E-state index contributed by atoms with van der Waals surface area (Å²) in [5.74, 6) is 1.13. The normalized spacial score (nSPS) is 16.0. The number of rotatable bonds is 6. The Morgan fingerprint density at radius 1 is 1.45 bits per heavy atom. The van der Waals surface area contributed by atoms with E-state index in [1.165, 1.54) is 0 Å². The first-order valence-corrected chi connectivity index (χ1v) is 7.83. The summed E-state index contributed by atoms with van der Waals surface area (Å²) in [6.07, 6.45) is 5.61. The van der Waals surface area contributed by atoms with Crippen molar-refractivity contribution in [3.8, 4) is 0 Å². The third-order valence-corrected chi connectivity index (χ3v) is 3.97. The molecule has 0 bridgehead atoms. The van der Waals surface area contributed by atoms with Crippen molar-refractivity contribution in [2.75, 3.05) is 0 Å². The Kier molecular flexibility index (Phi) is 3.96. The van der Waals surface area contributed by atoms with E-state index >= 15 is 0 Å². The van der Waals surface area contributed by atoms with Crippen LogP contribution in [-0.2, 0) is 6.54 Å². The van der Waals surface area contributed by atoms with Crippen LogP contribution in [0.15, 0.2) is 18.6 Å². The number of aryl methyl sites for hydroxylation is 1. The fraction of sp³-hybridized carbons (Fsp3) is 0.600. The number of carbonyl (C=O) groups is 1. The van der Waals surface area contributed by atoms with Crippen molar-refractivity contribution in [2.24, 2.45) is 5.92 Å². The molecule has 2 heterocycles. The van der Waals surface area contributed by atoms with E-state index in [1.54, 1.807) is 17.1 Å². The molecular weight excluding hydrogens is 280 g/mol. The van der Waals surface area contributed by atoms with Crippen molar-refractivity contribution < 1.29 is 4.79 Å². The Bertz CT molecular complexity index is 655. The van der Waals surface area contributed by atoms with Gasteiger partial charge in [-0.2, -0.15) is 10.2 Å². The molecule has 118 valence electrons. The molecule has 0 aromatic carbocycles. The molecule has 1 N–H and O–H groups in total. The van der Waals surface area contributed by atoms with Crippen LogP contribution in [0.3, 0.4) is 0 Å². The topological polar surface area (TPSA) is 77.6 Å². The molecule has 0 spiro atoms. The molecule has 7 heteroatoms. The van der Waals surface area contributed by atoms with Gasteiger partial charge in [-0.25, -0.2) is 9.67 Å². The lowest BCUT2D eigenvalue weighted by Gasteiger charge is -2.17. The quantitative estimate of drug-likeness (QED) is 0.884. The van der Waals surface area contributed by atoms with E-state index in [9.17, 15) is 4.79 Å². The predicted octanol–water partition coefficient (Wildman–Crippen LogP) is 1.96. The smallest absolute Gasteiger partial charge is 0.272 e. The molecule has 1 aliphatic rings. The SMILES string of the molecule is CCn1ncnc1[C@H](NC(=O)c1ccn(C(C)C)n1)C1CC1. The zero-order valence-electron chi connectivity index (χ0n) is 13.2. The molecule has 1 fully saturated rings. The first kappa shape index (κ1) is 14.7. The summed E-state index contributed by atoms with van der Waals surface area (Å²) in [5.41, 5.74) is 0.446. The number of nitrogens with zero attached hydrogens (tertiary/aromatic N) is 5. The molecule has 1 atom stereocenters. The van der Waals surface area contributed by atoms with Crippen LogP contribution < -0.4 is 5.32 Å². The van der Waals surface area contributed by atoms with Crippen LogP contribution >= 0.6 is 0 Å². The highest BCUT2D eigenvalue weighted by Crippen LogP contribution is 2.40. The van der Waals surface area contributed by atoms with Crippen molar-refractivity contribution in [1.82, 2.24) is 29.9 Å². The van der Waals surface area contributed by atoms with Crippen molar-refractivity contribution >= 4 is 5.91 Å². The Morgan fingerprint density at radius 3 is 2.82 bits per heavy atom. The first-order chi connectivity index (χ1) is 10.6. The Labute approximate surface area is 129 Å². The second-order valence-corrected chi connectivity index (χ2v) is 6.00. The van der Waals surface area contributed by atoms with Gasteiger partial charge in [0, 0.05) is 18.8 Å². The summed E-state index contributed by atoms with van der Waals surface area (Å²) in [4.78, 5) is 16.8. The minimum atomic E-state index is -0.151. The highest BCUT2D eigenvalue weighted by molar-refractivity contribution is 5.92. The number of aromatic nitrogens is 5. The molecular formula is C15H22N6O. The van der Waals surface area contributed by atoms with Crippen LogP contribution in [0.4, 0.5) is 0 Å². The summed E-state index contributed by atoms with van der Waals surface area (Å²) in [6, 6.07) is 1.91. The molecule has 0 radical (unpaired) electrons. The van der Waals surface area contributed by atoms with Gasteiger partial charge < -0.3 is 5.32 Å². The zero-order chi connectivity index (χ0) is 15.7. The summed E-state index contributed by atoms with van der Waals surface area (Å²) in [7, 11) is 0. The van der Waals surface area contributed by atoms with Gasteiger partial charge in [0.25, 0.3) is 5.91 Å². The Hall–Kier alpha value is -2.18. The largest absolute Gasteiger partial charge is 0.340 e. The first-order valence-electron chi connectivity index (χ1n) is 7.83. The van der Waals surface area contributed by atoms with Crippen LogP contribution in [0.2, 0.25) is 0 Å². The van der Waals surface area contributed by atoms with Gasteiger partial charge in [0.15, 0.2) is 0 Å². The third kappa shape index (κ3) is 2.88. The van der Waals surface area contributed by atoms with Crippen molar-refractivity contribution in [3.63, 3.8) is 0 Å². The highest BCUT2D eigenvalue weighted by Gasteiger charge is 2.36. The molecule has 7 nitrogen and oxygen atoms in total. The van der Waals surface area contributed by atoms with Crippen LogP contribution in [0.25, 0.3) is 0 Å². The number of nitrogens with one attached hydrogen (secondary N) is 1. The van der Waals surface area contributed by atoms with Crippen LogP contribution in [0, 0.1) is 5.92 Å². The lowest BCUT2D eigenvalue weighted by atomic mass is 10.1. The molecule has 0 unspecified atom stereocenters. The van der Waals surface area contributed by atoms with Gasteiger partial charge in [-0.15, -0.1) is 0 Å². The lowest BCUT2D eigenvalue weighted by molar-refractivity contribution is 0.0922. The Morgan fingerprint density at radius 2 is 2.23 bits per heavy atom. The zero-order valence-corrected chi connectivity index (χ0v) is 13.2. The lowest BCUT2D eigenvalue weighted by Crippen LogP contribution is -2.32. The Balaban J connectivity index is 1.77. The minimum Gasteiger partial charge on any atom is -0.340 e. The minimum absolute atomic E-state index is 0.0841. The van der Waals surface area contributed by atoms with E-state index < -0.39 is 0 Å². The molecule has 3 rings (SSSR count). The van der Waals surface area contributed by atoms with Crippen LogP contribution in [0.1, 0.15) is 62.0 Å². The van der Waals surface area contributed by atoms with E-state index in [0.717, 1.165) is 25.2 Å². The van der Waals surface area contributed by atoms with Crippen molar-refractivity contribution in [2.45, 2.75) is 52.2 Å². The molecule has 1 aliphatic carbocycles. The molecule has 1 saturated carbocycles. The van der Waals surface area contributed by atoms with Gasteiger partial charge >= 0.3 is 0 Å². The van der Waals surface area contributed by atoms with Gasteiger partial charge in [0.1, 0.15) is 17.8 Å². The van der Waals surface area contributed by atoms with E-state index in [-0.39, 0.29) is 18.0 Å². The third-order valence-electron chi connectivity index (χ3n) is 3.97. The van der Waals surface area contributed by atoms with E-state index in [1.807, 2.05) is 31.6 Å². The van der Waals surface area contributed by atoms with E-state index in [2.05, 4.69) is 20.5 Å². The van der Waals surface area contributed by atoms with Crippen molar-refractivity contribution in [1.29, 1.82) is 0 Å². The summed E-state index contributed by atoms with van der Waals surface area (Å²) in [6.45, 7) is 6.83. The molecule has 0 aliphatic heterocycles. The molecule has 22 heavy (non-hydrogen) atoms. The molecule has 2 aromatic heterocycles. The maximum Gasteiger partial charge on any atom is 0.272 e. The summed E-state index contributed by atoms with van der Waals surface area (Å²) < 4.78 is 3.63. The van der Waals surface area contributed by atoms with E-state index in [4.69, 9.17) is 0 Å². The van der Waals surface area contributed by atoms with Crippen molar-refractivity contribution in [3.05, 3.63) is 30.1 Å². The summed E-state index contributed by atoms with van der Waals surface area (Å²) >= 11 is 0. The maximum absolute atomic E-state index is 12.5. The highest BCUT2D eigenvalue weighted by atomic mass is 16.2. The monoisotopic (exact) mass is 302 g/mol. The number of amides is 1. The van der Waals surface area contributed by atoms with Gasteiger partial charge in [-0.05, 0) is 45.6 Å². The average molecular weight is 302 g/mol. The summed E-state index contributed by atoms with van der Waals surface area (Å²) in [5, 5.41) is 11.6. The fourth-order valence-corrected chi connectivity index (χ4v) is 2.54. The molecule has 2 aromatic rings. The van der Waals surface area contributed by atoms with Crippen LogP contribution in [-0.4, -0.2) is 30.5 Å². The van der Waals surface area contributed by atoms with Gasteiger partial charge in [0.05, 0.1) is 6.04 Å². The molecule has 0 saturated heterocycles. The second kappa shape index (κ2) is 5.90. The van der Waals surface area contributed by atoms with E-state index in [0.29, 0.717) is 11.6 Å². The standard InChI is InChI=1S/C15H22N6O/c1-4-20-14(16-9-17-20)13(11-5-6-11)18-15(22)12-7-8-21(19-12)10(2)3/h7-11,13H,4-6H2,1-3H3,(H,18,22)/t13-/m1/s1.